The van der Waals surface area contributed by atoms with Gasteiger partial charge in [0.2, 0.25) is 0 Å². The second-order valence-corrected chi connectivity index (χ2v) is 5.99. The quantitative estimate of drug-likeness (QED) is 0.826. The van der Waals surface area contributed by atoms with Crippen LogP contribution in [0.3, 0.4) is 0 Å². The lowest BCUT2D eigenvalue weighted by Gasteiger charge is -2.22. The van der Waals surface area contributed by atoms with Gasteiger partial charge in [0.1, 0.15) is 5.60 Å². The third-order valence-electron chi connectivity index (χ3n) is 3.30. The van der Waals surface area contributed by atoms with E-state index >= 15 is 0 Å². The van der Waals surface area contributed by atoms with Crippen LogP contribution in [0.2, 0.25) is 0 Å². The molecule has 5 heteroatoms. The second kappa shape index (κ2) is 6.93. The molecule has 0 saturated carbocycles. The summed E-state index contributed by atoms with van der Waals surface area (Å²) < 4.78 is 10.5. The molecular formula is C16H21NO3S. The zero-order valence-electron chi connectivity index (χ0n) is 12.6. The first-order chi connectivity index (χ1) is 10.1. The van der Waals surface area contributed by atoms with Gasteiger partial charge in [0.05, 0.1) is 14.2 Å². The van der Waals surface area contributed by atoms with E-state index in [1.54, 1.807) is 25.6 Å². The van der Waals surface area contributed by atoms with Gasteiger partial charge in [-0.3, -0.25) is 0 Å². The molecule has 0 aliphatic rings. The van der Waals surface area contributed by atoms with Crippen LogP contribution < -0.4 is 14.8 Å². The van der Waals surface area contributed by atoms with Gasteiger partial charge >= 0.3 is 0 Å². The van der Waals surface area contributed by atoms with Crippen LogP contribution in [0, 0.1) is 0 Å². The number of nitrogens with one attached hydrogen (secondary N) is 1. The Kier molecular flexibility index (Phi) is 5.22. The van der Waals surface area contributed by atoms with Gasteiger partial charge in [0.25, 0.3) is 0 Å². The van der Waals surface area contributed by atoms with E-state index in [-0.39, 0.29) is 0 Å². The minimum Gasteiger partial charge on any atom is -0.493 e. The molecule has 114 valence electrons. The Morgan fingerprint density at radius 3 is 2.57 bits per heavy atom. The second-order valence-electron chi connectivity index (χ2n) is 5.04. The summed E-state index contributed by atoms with van der Waals surface area (Å²) in [5.74, 6) is 1.42. The topological polar surface area (TPSA) is 50.7 Å². The maximum Gasteiger partial charge on any atom is 0.161 e. The van der Waals surface area contributed by atoms with Crippen LogP contribution in [-0.4, -0.2) is 25.9 Å². The number of thiophene rings is 1. The first-order valence-corrected chi connectivity index (χ1v) is 7.63. The fraction of sp³-hybridized carbons (Fsp3) is 0.375. The van der Waals surface area contributed by atoms with Gasteiger partial charge in [-0.1, -0.05) is 12.1 Å². The summed E-state index contributed by atoms with van der Waals surface area (Å²) in [4.78, 5) is 0.960. The van der Waals surface area contributed by atoms with Crippen molar-refractivity contribution in [3.63, 3.8) is 0 Å². The van der Waals surface area contributed by atoms with Crippen LogP contribution >= 0.6 is 11.3 Å². The number of rotatable bonds is 7. The standard InChI is InChI=1S/C16H21NO3S/c1-16(18,15-5-4-8-21-15)11-17-10-12-6-7-13(19-2)14(9-12)20-3/h4-9,17-18H,10-11H2,1-3H3. The number of benzene rings is 1. The van der Waals surface area contributed by atoms with Gasteiger partial charge in [0, 0.05) is 18.0 Å². The van der Waals surface area contributed by atoms with E-state index < -0.39 is 5.60 Å². The van der Waals surface area contributed by atoms with Gasteiger partial charge in [-0.25, -0.2) is 0 Å². The average molecular weight is 307 g/mol. The van der Waals surface area contributed by atoms with Gasteiger partial charge in [0.15, 0.2) is 11.5 Å². The Labute approximate surface area is 129 Å². The van der Waals surface area contributed by atoms with Crippen molar-refractivity contribution < 1.29 is 14.6 Å². The Hall–Kier alpha value is -1.56. The number of hydrogen-bond acceptors (Lipinski definition) is 5. The molecule has 2 rings (SSSR count). The molecule has 0 aliphatic carbocycles. The van der Waals surface area contributed by atoms with Crippen molar-refractivity contribution in [2.45, 2.75) is 19.1 Å². The highest BCUT2D eigenvalue weighted by Crippen LogP contribution is 2.28. The highest BCUT2D eigenvalue weighted by molar-refractivity contribution is 7.10. The molecular weight excluding hydrogens is 286 g/mol. The first kappa shape index (κ1) is 15.8. The van der Waals surface area contributed by atoms with Crippen molar-refractivity contribution in [2.24, 2.45) is 0 Å². The van der Waals surface area contributed by atoms with Crippen LogP contribution in [0.25, 0.3) is 0 Å². The van der Waals surface area contributed by atoms with Crippen molar-refractivity contribution in [1.82, 2.24) is 5.32 Å². The molecule has 0 saturated heterocycles. The normalized spacial score (nSPS) is 13.7. The zero-order chi connectivity index (χ0) is 15.3. The Bertz CT molecular complexity index is 567. The summed E-state index contributed by atoms with van der Waals surface area (Å²) >= 11 is 1.56. The predicted octanol–water partition coefficient (Wildman–Crippen LogP) is 2.76. The van der Waals surface area contributed by atoms with E-state index in [0.29, 0.717) is 24.6 Å². The van der Waals surface area contributed by atoms with E-state index in [0.717, 1.165) is 10.4 Å². The molecule has 1 unspecified atom stereocenters. The molecule has 2 aromatic rings. The average Bonchev–Trinajstić information content (AvgIpc) is 3.02. The lowest BCUT2D eigenvalue weighted by Crippen LogP contribution is -2.34. The summed E-state index contributed by atoms with van der Waals surface area (Å²) in [5.41, 5.74) is 0.222. The minimum absolute atomic E-state index is 0.488. The van der Waals surface area contributed by atoms with Gasteiger partial charge in [-0.15, -0.1) is 11.3 Å². The maximum atomic E-state index is 10.4. The number of aliphatic hydroxyl groups is 1. The Morgan fingerprint density at radius 1 is 1.19 bits per heavy atom. The van der Waals surface area contributed by atoms with E-state index in [2.05, 4.69) is 5.32 Å². The summed E-state index contributed by atoms with van der Waals surface area (Å²) in [6.07, 6.45) is 0. The molecule has 1 aromatic heterocycles. The van der Waals surface area contributed by atoms with Crippen molar-refractivity contribution >= 4 is 11.3 Å². The van der Waals surface area contributed by atoms with Crippen LogP contribution in [0.5, 0.6) is 11.5 Å². The highest BCUT2D eigenvalue weighted by Gasteiger charge is 2.23. The molecule has 0 bridgehead atoms. The molecule has 1 atom stereocenters. The predicted molar refractivity (Wildman–Crippen MR) is 85.1 cm³/mol. The molecule has 0 aliphatic heterocycles. The highest BCUT2D eigenvalue weighted by atomic mass is 32.1. The third-order valence-corrected chi connectivity index (χ3v) is 4.42. The lowest BCUT2D eigenvalue weighted by molar-refractivity contribution is 0.0604. The van der Waals surface area contributed by atoms with Crippen LogP contribution in [0.15, 0.2) is 35.7 Å². The summed E-state index contributed by atoms with van der Waals surface area (Å²) in [6.45, 7) is 2.96. The molecule has 21 heavy (non-hydrogen) atoms. The molecule has 2 N–H and O–H groups in total. The Morgan fingerprint density at radius 2 is 1.95 bits per heavy atom. The SMILES string of the molecule is COc1ccc(CNCC(C)(O)c2cccs2)cc1OC. The van der Waals surface area contributed by atoms with E-state index in [4.69, 9.17) is 9.47 Å². The molecule has 0 amide bonds. The minimum atomic E-state index is -0.856. The van der Waals surface area contributed by atoms with Gasteiger partial charge in [-0.05, 0) is 36.1 Å². The number of methoxy groups -OCH3 is 2. The Balaban J connectivity index is 1.94. The molecule has 4 nitrogen and oxygen atoms in total. The number of hydrogen-bond donors (Lipinski definition) is 2. The van der Waals surface area contributed by atoms with E-state index in [1.807, 2.05) is 42.6 Å². The monoisotopic (exact) mass is 307 g/mol. The van der Waals surface area contributed by atoms with E-state index in [9.17, 15) is 5.11 Å². The molecule has 0 radical (unpaired) electrons. The van der Waals surface area contributed by atoms with Gasteiger partial charge < -0.3 is 19.9 Å². The van der Waals surface area contributed by atoms with E-state index in [1.165, 1.54) is 0 Å². The van der Waals surface area contributed by atoms with Gasteiger partial charge in [-0.2, -0.15) is 0 Å². The third kappa shape index (κ3) is 3.97. The van der Waals surface area contributed by atoms with Crippen molar-refractivity contribution in [2.75, 3.05) is 20.8 Å². The summed E-state index contributed by atoms with van der Waals surface area (Å²) in [7, 11) is 3.24. The van der Waals surface area contributed by atoms with Crippen molar-refractivity contribution in [3.05, 3.63) is 46.2 Å². The van der Waals surface area contributed by atoms with Crippen LogP contribution in [0.1, 0.15) is 17.4 Å². The largest absolute Gasteiger partial charge is 0.493 e. The fourth-order valence-electron chi connectivity index (χ4n) is 2.11. The van der Waals surface area contributed by atoms with Crippen LogP contribution in [-0.2, 0) is 12.1 Å². The molecule has 0 spiro atoms. The number of ether oxygens (including phenoxy) is 2. The fourth-order valence-corrected chi connectivity index (χ4v) is 2.90. The summed E-state index contributed by atoms with van der Waals surface area (Å²) in [6, 6.07) is 9.69. The molecule has 1 aromatic carbocycles. The lowest BCUT2D eigenvalue weighted by atomic mass is 10.1. The first-order valence-electron chi connectivity index (χ1n) is 6.75. The molecule has 0 fully saturated rings. The molecule has 1 heterocycles. The van der Waals surface area contributed by atoms with Crippen molar-refractivity contribution in [3.8, 4) is 11.5 Å². The smallest absolute Gasteiger partial charge is 0.161 e. The zero-order valence-corrected chi connectivity index (χ0v) is 13.4. The summed E-state index contributed by atoms with van der Waals surface area (Å²) in [5, 5.41) is 15.7. The maximum absolute atomic E-state index is 10.4. The van der Waals surface area contributed by atoms with Crippen molar-refractivity contribution in [1.29, 1.82) is 0 Å². The van der Waals surface area contributed by atoms with Crippen LogP contribution in [0.4, 0.5) is 0 Å².